The molecule has 4 amide bonds. The van der Waals surface area contributed by atoms with E-state index >= 15 is 0 Å². The van der Waals surface area contributed by atoms with Crippen molar-refractivity contribution in [1.29, 1.82) is 0 Å². The lowest BCUT2D eigenvalue weighted by Gasteiger charge is -2.29. The third-order valence-electron chi connectivity index (χ3n) is 6.09. The Morgan fingerprint density at radius 3 is 2.78 bits per heavy atom. The van der Waals surface area contributed by atoms with Crippen LogP contribution in [0.2, 0.25) is 0 Å². The first-order valence-corrected chi connectivity index (χ1v) is 10.4. The van der Waals surface area contributed by atoms with Gasteiger partial charge >= 0.3 is 0 Å². The number of fused-ring (bicyclic) bond motifs is 2. The number of carbonyl (C=O) groups is 4. The zero-order valence-corrected chi connectivity index (χ0v) is 17.4. The molecule has 162 valence electrons. The molecule has 8 nitrogen and oxygen atoms in total. The Balaban J connectivity index is 1.29. The standard InChI is InChI=1S/C24H21N3O5/c1-13-16-4-2-3-5-19(16)32-21(13)23(30)25-11-14-6-7-17-15(10-14)12-27(24(17)31)18-8-9-20(28)26-22(18)29/h2-7,10,18H,8-9,11-12H2,1H3,(H,25,30)(H,26,28,29). The minimum Gasteiger partial charge on any atom is -0.451 e. The van der Waals surface area contributed by atoms with Gasteiger partial charge in [-0.1, -0.05) is 30.3 Å². The summed E-state index contributed by atoms with van der Waals surface area (Å²) >= 11 is 0. The van der Waals surface area contributed by atoms with Crippen LogP contribution in [-0.2, 0) is 22.7 Å². The number of hydrogen-bond acceptors (Lipinski definition) is 5. The Hall–Kier alpha value is -3.94. The molecule has 1 fully saturated rings. The molecule has 0 spiro atoms. The number of piperidine rings is 1. The van der Waals surface area contributed by atoms with Crippen molar-refractivity contribution in [3.8, 4) is 0 Å². The summed E-state index contributed by atoms with van der Waals surface area (Å²) in [5, 5.41) is 6.08. The van der Waals surface area contributed by atoms with Crippen LogP contribution in [0.25, 0.3) is 11.0 Å². The van der Waals surface area contributed by atoms with E-state index in [1.807, 2.05) is 37.3 Å². The largest absolute Gasteiger partial charge is 0.451 e. The second-order valence-corrected chi connectivity index (χ2v) is 8.13. The normalized spacial score (nSPS) is 18.1. The number of carbonyl (C=O) groups excluding carboxylic acids is 4. The minimum atomic E-state index is -0.646. The van der Waals surface area contributed by atoms with Crippen molar-refractivity contribution in [3.05, 3.63) is 70.5 Å². The number of furan rings is 1. The summed E-state index contributed by atoms with van der Waals surface area (Å²) in [6, 6.07) is 12.2. The molecule has 0 aliphatic carbocycles. The second-order valence-electron chi connectivity index (χ2n) is 8.13. The molecule has 0 radical (unpaired) electrons. The van der Waals surface area contributed by atoms with Gasteiger partial charge in [0.05, 0.1) is 0 Å². The summed E-state index contributed by atoms with van der Waals surface area (Å²) < 4.78 is 5.71. The molecule has 3 aromatic rings. The topological polar surface area (TPSA) is 109 Å². The Labute approximate surface area is 183 Å². The average Bonchev–Trinajstić information content (AvgIpc) is 3.29. The van der Waals surface area contributed by atoms with Crippen molar-refractivity contribution in [2.24, 2.45) is 0 Å². The van der Waals surface area contributed by atoms with Gasteiger partial charge in [0.1, 0.15) is 11.6 Å². The van der Waals surface area contributed by atoms with Crippen LogP contribution in [0.3, 0.4) is 0 Å². The maximum atomic E-state index is 12.8. The van der Waals surface area contributed by atoms with E-state index in [4.69, 9.17) is 4.42 Å². The highest BCUT2D eigenvalue weighted by atomic mass is 16.3. The lowest BCUT2D eigenvalue weighted by molar-refractivity contribution is -0.136. The monoisotopic (exact) mass is 431 g/mol. The maximum absolute atomic E-state index is 12.8. The molecule has 1 atom stereocenters. The van der Waals surface area contributed by atoms with Crippen molar-refractivity contribution in [3.63, 3.8) is 0 Å². The first kappa shape index (κ1) is 20.0. The molecule has 2 N–H and O–H groups in total. The van der Waals surface area contributed by atoms with Crippen LogP contribution in [0.5, 0.6) is 0 Å². The van der Waals surface area contributed by atoms with Crippen molar-refractivity contribution in [2.45, 2.75) is 38.9 Å². The van der Waals surface area contributed by atoms with Crippen LogP contribution in [0.15, 0.2) is 46.9 Å². The molecule has 1 aromatic heterocycles. The summed E-state index contributed by atoms with van der Waals surface area (Å²) in [6.45, 7) is 2.42. The van der Waals surface area contributed by atoms with Crippen LogP contribution in [0, 0.1) is 6.92 Å². The van der Waals surface area contributed by atoms with Crippen molar-refractivity contribution in [2.75, 3.05) is 0 Å². The fraction of sp³-hybridized carbons (Fsp3) is 0.250. The van der Waals surface area contributed by atoms with Gasteiger partial charge in [0.25, 0.3) is 11.8 Å². The molecule has 3 heterocycles. The summed E-state index contributed by atoms with van der Waals surface area (Å²) in [5.41, 5.74) is 3.63. The number of benzene rings is 2. The van der Waals surface area contributed by atoms with Gasteiger partial charge in [0, 0.05) is 36.0 Å². The van der Waals surface area contributed by atoms with Crippen LogP contribution in [0.1, 0.15) is 50.4 Å². The number of amides is 4. The Morgan fingerprint density at radius 1 is 1.19 bits per heavy atom. The van der Waals surface area contributed by atoms with E-state index in [-0.39, 0.29) is 36.4 Å². The van der Waals surface area contributed by atoms with E-state index < -0.39 is 11.9 Å². The van der Waals surface area contributed by atoms with Crippen LogP contribution in [-0.4, -0.2) is 34.6 Å². The van der Waals surface area contributed by atoms with Gasteiger partial charge in [-0.25, -0.2) is 0 Å². The highest BCUT2D eigenvalue weighted by molar-refractivity contribution is 6.05. The predicted molar refractivity (Wildman–Crippen MR) is 115 cm³/mol. The number of rotatable bonds is 4. The van der Waals surface area contributed by atoms with Gasteiger partial charge in [0.15, 0.2) is 5.76 Å². The zero-order chi connectivity index (χ0) is 22.4. The van der Waals surface area contributed by atoms with E-state index in [1.54, 1.807) is 12.1 Å². The Kier molecular flexibility index (Phi) is 4.77. The number of imide groups is 1. The van der Waals surface area contributed by atoms with Gasteiger partial charge in [-0.05, 0) is 36.6 Å². The van der Waals surface area contributed by atoms with Gasteiger partial charge in [0.2, 0.25) is 11.8 Å². The van der Waals surface area contributed by atoms with E-state index in [2.05, 4.69) is 10.6 Å². The highest BCUT2D eigenvalue weighted by Gasteiger charge is 2.39. The zero-order valence-electron chi connectivity index (χ0n) is 17.4. The molecular formula is C24H21N3O5. The van der Waals surface area contributed by atoms with Gasteiger partial charge < -0.3 is 14.6 Å². The first-order chi connectivity index (χ1) is 15.4. The molecule has 8 heteroatoms. The molecule has 0 saturated carbocycles. The lowest BCUT2D eigenvalue weighted by atomic mass is 10.0. The number of nitrogens with zero attached hydrogens (tertiary/aromatic N) is 1. The molecule has 2 aromatic carbocycles. The average molecular weight is 431 g/mol. The van der Waals surface area contributed by atoms with E-state index in [0.29, 0.717) is 24.1 Å². The Morgan fingerprint density at radius 2 is 2.00 bits per heavy atom. The smallest absolute Gasteiger partial charge is 0.287 e. The molecular weight excluding hydrogens is 410 g/mol. The fourth-order valence-corrected chi connectivity index (χ4v) is 4.39. The van der Waals surface area contributed by atoms with Gasteiger partial charge in [-0.15, -0.1) is 0 Å². The van der Waals surface area contributed by atoms with E-state index in [0.717, 1.165) is 22.1 Å². The van der Waals surface area contributed by atoms with Crippen LogP contribution in [0.4, 0.5) is 0 Å². The first-order valence-electron chi connectivity index (χ1n) is 10.4. The summed E-state index contributed by atoms with van der Waals surface area (Å²) in [4.78, 5) is 50.6. The third kappa shape index (κ3) is 3.33. The van der Waals surface area contributed by atoms with Crippen molar-refractivity contribution >= 4 is 34.6 Å². The summed E-state index contributed by atoms with van der Waals surface area (Å²) in [6.07, 6.45) is 0.541. The Bertz CT molecular complexity index is 1290. The van der Waals surface area contributed by atoms with Crippen molar-refractivity contribution < 1.29 is 23.6 Å². The SMILES string of the molecule is Cc1c(C(=O)NCc2ccc3c(c2)CN(C2CCC(=O)NC2=O)C3=O)oc2ccccc12. The molecule has 2 aliphatic heterocycles. The lowest BCUT2D eigenvalue weighted by Crippen LogP contribution is -2.52. The van der Waals surface area contributed by atoms with E-state index in [1.165, 1.54) is 4.90 Å². The fourth-order valence-electron chi connectivity index (χ4n) is 4.39. The second kappa shape index (κ2) is 7.64. The molecule has 32 heavy (non-hydrogen) atoms. The number of aryl methyl sites for hydroxylation is 1. The predicted octanol–water partition coefficient (Wildman–Crippen LogP) is 2.43. The number of hydrogen-bond donors (Lipinski definition) is 2. The van der Waals surface area contributed by atoms with Gasteiger partial charge in [-0.2, -0.15) is 0 Å². The summed E-state index contributed by atoms with van der Waals surface area (Å²) in [5.74, 6) is -0.987. The maximum Gasteiger partial charge on any atom is 0.287 e. The van der Waals surface area contributed by atoms with E-state index in [9.17, 15) is 19.2 Å². The molecule has 0 bridgehead atoms. The third-order valence-corrected chi connectivity index (χ3v) is 6.09. The molecule has 1 unspecified atom stereocenters. The molecule has 1 saturated heterocycles. The van der Waals surface area contributed by atoms with Gasteiger partial charge in [-0.3, -0.25) is 24.5 Å². The van der Waals surface area contributed by atoms with Crippen LogP contribution < -0.4 is 10.6 Å². The summed E-state index contributed by atoms with van der Waals surface area (Å²) in [7, 11) is 0. The van der Waals surface area contributed by atoms with Crippen molar-refractivity contribution in [1.82, 2.24) is 15.5 Å². The number of nitrogens with one attached hydrogen (secondary N) is 2. The minimum absolute atomic E-state index is 0.217. The van der Waals surface area contributed by atoms with Crippen LogP contribution >= 0.6 is 0 Å². The highest BCUT2D eigenvalue weighted by Crippen LogP contribution is 2.28. The number of para-hydroxylation sites is 1. The quantitative estimate of drug-likeness (QED) is 0.617. The molecule has 2 aliphatic rings. The molecule has 5 rings (SSSR count).